The molecule has 2 amide bonds. The lowest BCUT2D eigenvalue weighted by atomic mass is 9.72. The Morgan fingerprint density at radius 3 is 2.57 bits per heavy atom. The molecule has 1 unspecified atom stereocenters. The van der Waals surface area contributed by atoms with Crippen LogP contribution in [-0.4, -0.2) is 41.3 Å². The van der Waals surface area contributed by atoms with Crippen molar-refractivity contribution in [2.45, 2.75) is 66.2 Å². The Balaban J connectivity index is 1.54. The third kappa shape index (κ3) is 6.76. The number of carbonyl (C=O) groups excluding carboxylic acids is 2. The predicted molar refractivity (Wildman–Crippen MR) is 148 cm³/mol. The van der Waals surface area contributed by atoms with Crippen molar-refractivity contribution in [2.24, 2.45) is 17.3 Å². The number of piperidine rings is 1. The zero-order valence-electron chi connectivity index (χ0n) is 22.3. The molecule has 2 aromatic rings. The van der Waals surface area contributed by atoms with Crippen LogP contribution < -0.4 is 10.6 Å². The highest BCUT2D eigenvalue weighted by Gasteiger charge is 2.34. The van der Waals surface area contributed by atoms with Crippen LogP contribution in [0.3, 0.4) is 0 Å². The van der Waals surface area contributed by atoms with Crippen molar-refractivity contribution < 1.29 is 14.5 Å². The minimum absolute atomic E-state index is 0.0844. The van der Waals surface area contributed by atoms with E-state index in [1.165, 1.54) is 23.5 Å². The summed E-state index contributed by atoms with van der Waals surface area (Å²) in [7, 11) is 0. The lowest BCUT2D eigenvalue weighted by Crippen LogP contribution is -2.35. The van der Waals surface area contributed by atoms with E-state index in [4.69, 9.17) is 0 Å². The van der Waals surface area contributed by atoms with Gasteiger partial charge in [0.2, 0.25) is 5.91 Å². The van der Waals surface area contributed by atoms with Gasteiger partial charge in [0.1, 0.15) is 5.00 Å². The van der Waals surface area contributed by atoms with Crippen LogP contribution in [0.5, 0.6) is 0 Å². The van der Waals surface area contributed by atoms with Gasteiger partial charge in [-0.25, -0.2) is 0 Å². The number of hydrogen-bond acceptors (Lipinski definition) is 6. The molecular weight excluding hydrogens is 488 g/mol. The van der Waals surface area contributed by atoms with Crippen LogP contribution in [0, 0.1) is 27.4 Å². The van der Waals surface area contributed by atoms with E-state index in [1.807, 2.05) is 0 Å². The number of nitro benzene ring substituents is 1. The number of likely N-dealkylation sites (tertiary alicyclic amines) is 1. The topological polar surface area (TPSA) is 105 Å². The van der Waals surface area contributed by atoms with Crippen molar-refractivity contribution in [1.29, 1.82) is 0 Å². The Hall–Kier alpha value is -2.78. The Morgan fingerprint density at radius 1 is 1.16 bits per heavy atom. The molecule has 2 N–H and O–H groups in total. The molecule has 1 aliphatic heterocycles. The van der Waals surface area contributed by atoms with Crippen molar-refractivity contribution in [1.82, 2.24) is 4.90 Å². The van der Waals surface area contributed by atoms with Crippen molar-refractivity contribution in [3.63, 3.8) is 0 Å². The van der Waals surface area contributed by atoms with Crippen LogP contribution >= 0.6 is 11.3 Å². The van der Waals surface area contributed by atoms with Crippen LogP contribution in [0.1, 0.15) is 74.2 Å². The molecule has 1 saturated heterocycles. The molecule has 1 aromatic carbocycles. The standard InChI is InChI=1S/C28H38N4O4S/c1-18-10-13-31(14-11-18)15-12-24(33)30-27-25(22-9-8-19(28(2,3)4)16-23(22)37-27)26(34)29-20-6-5-7-21(17-20)32(35)36/h5-7,17-19H,8-16H2,1-4H3,(H,29,34)(H,30,33). The smallest absolute Gasteiger partial charge is 0.271 e. The number of benzene rings is 1. The molecule has 1 atom stereocenters. The lowest BCUT2D eigenvalue weighted by molar-refractivity contribution is -0.384. The number of anilines is 2. The molecule has 9 heteroatoms. The van der Waals surface area contributed by atoms with E-state index >= 15 is 0 Å². The molecule has 1 fully saturated rings. The molecule has 8 nitrogen and oxygen atoms in total. The van der Waals surface area contributed by atoms with E-state index in [9.17, 15) is 19.7 Å². The third-order valence-electron chi connectivity index (χ3n) is 7.82. The van der Waals surface area contributed by atoms with E-state index in [1.54, 1.807) is 12.1 Å². The van der Waals surface area contributed by atoms with Crippen molar-refractivity contribution in [2.75, 3.05) is 30.3 Å². The molecule has 1 aromatic heterocycles. The summed E-state index contributed by atoms with van der Waals surface area (Å²) < 4.78 is 0. The Bertz CT molecular complexity index is 1160. The monoisotopic (exact) mass is 526 g/mol. The van der Waals surface area contributed by atoms with Crippen LogP contribution in [0.25, 0.3) is 0 Å². The van der Waals surface area contributed by atoms with Gasteiger partial charge in [-0.05, 0) is 74.1 Å². The SMILES string of the molecule is CC1CCN(CCC(=O)Nc2sc3c(c2C(=O)Nc2cccc([N+](=O)[O-])c2)CCC(C(C)(C)C)C3)CC1. The van der Waals surface area contributed by atoms with Gasteiger partial charge in [-0.15, -0.1) is 11.3 Å². The number of non-ortho nitro benzene ring substituents is 1. The summed E-state index contributed by atoms with van der Waals surface area (Å²) in [4.78, 5) is 40.7. The highest BCUT2D eigenvalue weighted by molar-refractivity contribution is 7.17. The molecule has 0 radical (unpaired) electrons. The van der Waals surface area contributed by atoms with Gasteiger partial charge < -0.3 is 15.5 Å². The summed E-state index contributed by atoms with van der Waals surface area (Å²) in [5.74, 6) is 0.810. The molecule has 0 saturated carbocycles. The summed E-state index contributed by atoms with van der Waals surface area (Å²) in [5, 5.41) is 17.7. The molecular formula is C28H38N4O4S. The normalized spacial score (nSPS) is 18.8. The first-order valence-corrected chi connectivity index (χ1v) is 14.1. The number of thiophene rings is 1. The quantitative estimate of drug-likeness (QED) is 0.334. The molecule has 2 heterocycles. The summed E-state index contributed by atoms with van der Waals surface area (Å²) in [6, 6.07) is 5.93. The van der Waals surface area contributed by atoms with Crippen molar-refractivity contribution >= 4 is 39.5 Å². The largest absolute Gasteiger partial charge is 0.322 e. The second-order valence-electron chi connectivity index (χ2n) is 11.6. The number of amides is 2. The minimum Gasteiger partial charge on any atom is -0.322 e. The fourth-order valence-electron chi connectivity index (χ4n) is 5.28. The number of fused-ring (bicyclic) bond motifs is 1. The maximum absolute atomic E-state index is 13.5. The average molecular weight is 527 g/mol. The van der Waals surface area contributed by atoms with Crippen molar-refractivity contribution in [3.05, 3.63) is 50.4 Å². The van der Waals surface area contributed by atoms with Gasteiger partial charge in [0.15, 0.2) is 0 Å². The van der Waals surface area contributed by atoms with Crippen LogP contribution in [0.2, 0.25) is 0 Å². The molecule has 0 bridgehead atoms. The third-order valence-corrected chi connectivity index (χ3v) is 8.99. The Morgan fingerprint density at radius 2 is 1.89 bits per heavy atom. The summed E-state index contributed by atoms with van der Waals surface area (Å²) in [6.45, 7) is 11.8. The Labute approximate surface area is 223 Å². The van der Waals surface area contributed by atoms with Gasteiger partial charge in [-0.1, -0.05) is 33.8 Å². The first kappa shape index (κ1) is 27.3. The van der Waals surface area contributed by atoms with Gasteiger partial charge in [0, 0.05) is 35.7 Å². The molecule has 200 valence electrons. The summed E-state index contributed by atoms with van der Waals surface area (Å²) in [6.07, 6.45) is 5.33. The molecule has 4 rings (SSSR count). The number of nitro groups is 1. The molecule has 1 aliphatic carbocycles. The van der Waals surface area contributed by atoms with Gasteiger partial charge in [0.05, 0.1) is 10.5 Å². The fourth-order valence-corrected chi connectivity index (χ4v) is 6.62. The van der Waals surface area contributed by atoms with Gasteiger partial charge in [-0.2, -0.15) is 0 Å². The lowest BCUT2D eigenvalue weighted by Gasteiger charge is -2.33. The van der Waals surface area contributed by atoms with Gasteiger partial charge >= 0.3 is 0 Å². The van der Waals surface area contributed by atoms with E-state index in [0.29, 0.717) is 35.1 Å². The van der Waals surface area contributed by atoms with E-state index in [2.05, 4.69) is 43.2 Å². The van der Waals surface area contributed by atoms with Gasteiger partial charge in [-0.3, -0.25) is 19.7 Å². The van der Waals surface area contributed by atoms with Crippen molar-refractivity contribution in [3.8, 4) is 0 Å². The molecule has 2 aliphatic rings. The second kappa shape index (κ2) is 11.3. The summed E-state index contributed by atoms with van der Waals surface area (Å²) in [5.41, 5.74) is 1.92. The highest BCUT2D eigenvalue weighted by atomic mass is 32.1. The first-order chi connectivity index (χ1) is 17.5. The first-order valence-electron chi connectivity index (χ1n) is 13.2. The zero-order valence-corrected chi connectivity index (χ0v) is 23.1. The molecule has 0 spiro atoms. The van der Waals surface area contributed by atoms with E-state index in [-0.39, 0.29) is 22.9 Å². The predicted octanol–water partition coefficient (Wildman–Crippen LogP) is 6.12. The van der Waals surface area contributed by atoms with E-state index in [0.717, 1.165) is 61.6 Å². The van der Waals surface area contributed by atoms with Crippen LogP contribution in [0.4, 0.5) is 16.4 Å². The number of nitrogens with one attached hydrogen (secondary N) is 2. The number of carbonyl (C=O) groups is 2. The summed E-state index contributed by atoms with van der Waals surface area (Å²) >= 11 is 1.50. The average Bonchev–Trinajstić information content (AvgIpc) is 3.20. The second-order valence-corrected chi connectivity index (χ2v) is 12.7. The number of nitrogens with zero attached hydrogens (tertiary/aromatic N) is 2. The Kier molecular flexibility index (Phi) is 8.33. The fraction of sp³-hybridized carbons (Fsp3) is 0.571. The molecule has 37 heavy (non-hydrogen) atoms. The van der Waals surface area contributed by atoms with Crippen LogP contribution in [0.15, 0.2) is 24.3 Å². The number of rotatable bonds is 7. The maximum atomic E-state index is 13.5. The number of hydrogen-bond donors (Lipinski definition) is 2. The highest BCUT2D eigenvalue weighted by Crippen LogP contribution is 2.44. The maximum Gasteiger partial charge on any atom is 0.271 e. The van der Waals surface area contributed by atoms with E-state index < -0.39 is 4.92 Å². The van der Waals surface area contributed by atoms with Gasteiger partial charge in [0.25, 0.3) is 11.6 Å². The minimum atomic E-state index is -0.483. The van der Waals surface area contributed by atoms with Crippen LogP contribution in [-0.2, 0) is 17.6 Å². The zero-order chi connectivity index (χ0) is 26.7.